The van der Waals surface area contributed by atoms with Crippen molar-refractivity contribution in [2.24, 2.45) is 0 Å². The second-order valence-electron chi connectivity index (χ2n) is 7.36. The summed E-state index contributed by atoms with van der Waals surface area (Å²) in [6, 6.07) is 21.2. The molecule has 0 fully saturated rings. The minimum absolute atomic E-state index is 0.0537. The third-order valence-electron chi connectivity index (χ3n) is 5.07. The number of aromatic nitrogens is 1. The van der Waals surface area contributed by atoms with E-state index in [1.54, 1.807) is 47.8 Å². The van der Waals surface area contributed by atoms with Gasteiger partial charge in [0.2, 0.25) is 11.0 Å². The lowest BCUT2D eigenvalue weighted by Crippen LogP contribution is -2.27. The summed E-state index contributed by atoms with van der Waals surface area (Å²) in [5.74, 6) is 0.574. The highest BCUT2D eigenvalue weighted by molar-refractivity contribution is 7.14. The molecule has 0 aliphatic rings. The molecule has 0 aliphatic carbocycles. The maximum atomic E-state index is 13.6. The molecule has 2 amide bonds. The molecule has 10 heteroatoms. The van der Waals surface area contributed by atoms with Crippen molar-refractivity contribution < 1.29 is 23.8 Å². The first-order valence-corrected chi connectivity index (χ1v) is 12.0. The Labute approximate surface area is 217 Å². The first-order chi connectivity index (χ1) is 17.5. The fourth-order valence-electron chi connectivity index (χ4n) is 3.33. The summed E-state index contributed by atoms with van der Waals surface area (Å²) in [6.45, 7) is 0.305. The van der Waals surface area contributed by atoms with Crippen LogP contribution in [0.25, 0.3) is 0 Å². The Hall–Kier alpha value is -4.08. The van der Waals surface area contributed by atoms with E-state index in [1.165, 1.54) is 19.1 Å². The Morgan fingerprint density at radius 1 is 0.972 bits per heavy atom. The van der Waals surface area contributed by atoms with Crippen molar-refractivity contribution in [2.45, 2.75) is 6.54 Å². The lowest BCUT2D eigenvalue weighted by Gasteiger charge is -2.21. The molecule has 0 saturated heterocycles. The molecule has 0 spiro atoms. The van der Waals surface area contributed by atoms with Crippen molar-refractivity contribution in [3.05, 3.63) is 94.3 Å². The van der Waals surface area contributed by atoms with Gasteiger partial charge in [-0.15, -0.1) is 11.3 Å². The number of rotatable bonds is 8. The van der Waals surface area contributed by atoms with Crippen LogP contribution in [-0.2, 0) is 6.54 Å². The van der Waals surface area contributed by atoms with E-state index in [4.69, 9.17) is 25.8 Å². The second-order valence-corrected chi connectivity index (χ2v) is 8.60. The molecule has 0 bridgehead atoms. The number of hydrogen-bond acceptors (Lipinski definition) is 7. The standard InChI is InChI=1S/C26H22ClN3O5S/c1-33-21-13-12-18(14-22(21)34-2)30(24(31)19-10-6-7-11-20(19)27)25-29-23(16-36-25)35-26(32)28-15-17-8-4-3-5-9-17/h3-14,16H,15H2,1-2H3,(H,28,32). The van der Waals surface area contributed by atoms with Crippen LogP contribution >= 0.6 is 22.9 Å². The summed E-state index contributed by atoms with van der Waals surface area (Å²) in [5, 5.41) is 4.79. The van der Waals surface area contributed by atoms with E-state index < -0.39 is 12.0 Å². The van der Waals surface area contributed by atoms with Crippen LogP contribution in [0.5, 0.6) is 17.4 Å². The highest BCUT2D eigenvalue weighted by Gasteiger charge is 2.26. The monoisotopic (exact) mass is 523 g/mol. The quantitative estimate of drug-likeness (QED) is 0.301. The van der Waals surface area contributed by atoms with Gasteiger partial charge in [-0.05, 0) is 29.8 Å². The molecular weight excluding hydrogens is 502 g/mol. The molecule has 1 aromatic heterocycles. The first kappa shape index (κ1) is 25.0. The highest BCUT2D eigenvalue weighted by atomic mass is 35.5. The van der Waals surface area contributed by atoms with E-state index in [0.29, 0.717) is 28.8 Å². The fourth-order valence-corrected chi connectivity index (χ4v) is 4.29. The number of thiazole rings is 1. The van der Waals surface area contributed by atoms with Crippen LogP contribution in [0.2, 0.25) is 5.02 Å². The number of nitrogens with zero attached hydrogens (tertiary/aromatic N) is 2. The van der Waals surface area contributed by atoms with Crippen molar-refractivity contribution in [3.63, 3.8) is 0 Å². The lowest BCUT2D eigenvalue weighted by molar-refractivity contribution is 0.0999. The number of hydrogen-bond donors (Lipinski definition) is 1. The second kappa shape index (κ2) is 11.6. The number of anilines is 2. The zero-order valence-electron chi connectivity index (χ0n) is 19.4. The average Bonchev–Trinajstić information content (AvgIpc) is 3.35. The smallest absolute Gasteiger partial charge is 0.414 e. The Morgan fingerprint density at radius 2 is 1.69 bits per heavy atom. The van der Waals surface area contributed by atoms with Gasteiger partial charge in [0.1, 0.15) is 0 Å². The predicted molar refractivity (Wildman–Crippen MR) is 139 cm³/mol. The van der Waals surface area contributed by atoms with Crippen molar-refractivity contribution >= 4 is 45.8 Å². The molecule has 1 heterocycles. The molecule has 36 heavy (non-hydrogen) atoms. The van der Waals surface area contributed by atoms with Gasteiger partial charge in [0, 0.05) is 12.6 Å². The SMILES string of the molecule is COc1ccc(N(C(=O)c2ccccc2Cl)c2nc(OC(=O)NCc3ccccc3)cs2)cc1OC. The molecule has 184 valence electrons. The van der Waals surface area contributed by atoms with Crippen LogP contribution in [-0.4, -0.2) is 31.2 Å². The Morgan fingerprint density at radius 3 is 2.42 bits per heavy atom. The molecule has 0 radical (unpaired) electrons. The van der Waals surface area contributed by atoms with Crippen molar-refractivity contribution in [3.8, 4) is 17.4 Å². The minimum Gasteiger partial charge on any atom is -0.493 e. The Kier molecular flexibility index (Phi) is 8.04. The molecule has 0 saturated carbocycles. The molecule has 4 aromatic rings. The predicted octanol–water partition coefficient (Wildman–Crippen LogP) is 6.08. The Balaban J connectivity index is 1.61. The molecular formula is C26H22ClN3O5S. The number of ether oxygens (including phenoxy) is 3. The third-order valence-corrected chi connectivity index (χ3v) is 6.21. The average molecular weight is 524 g/mol. The van der Waals surface area contributed by atoms with Crippen molar-refractivity contribution in [1.82, 2.24) is 10.3 Å². The summed E-state index contributed by atoms with van der Waals surface area (Å²) >= 11 is 7.45. The van der Waals surface area contributed by atoms with Gasteiger partial charge in [0.05, 0.1) is 35.9 Å². The zero-order valence-corrected chi connectivity index (χ0v) is 21.0. The van der Waals surface area contributed by atoms with Gasteiger partial charge in [0.25, 0.3) is 5.91 Å². The van der Waals surface area contributed by atoms with Crippen LogP contribution in [0.15, 0.2) is 78.2 Å². The largest absolute Gasteiger partial charge is 0.493 e. The molecule has 0 unspecified atom stereocenters. The molecule has 4 rings (SSSR count). The number of nitrogens with one attached hydrogen (secondary N) is 1. The van der Waals surface area contributed by atoms with Gasteiger partial charge in [-0.25, -0.2) is 4.79 Å². The van der Waals surface area contributed by atoms with E-state index in [1.807, 2.05) is 30.3 Å². The number of carbonyl (C=O) groups is 2. The number of amides is 2. The lowest BCUT2D eigenvalue weighted by atomic mass is 10.1. The van der Waals surface area contributed by atoms with Gasteiger partial charge in [-0.3, -0.25) is 9.69 Å². The summed E-state index contributed by atoms with van der Waals surface area (Å²) in [5.41, 5.74) is 1.68. The van der Waals surface area contributed by atoms with E-state index in [2.05, 4.69) is 10.3 Å². The van der Waals surface area contributed by atoms with Crippen LogP contribution in [0.1, 0.15) is 15.9 Å². The Bertz CT molecular complexity index is 1360. The topological polar surface area (TPSA) is 90.0 Å². The minimum atomic E-state index is -0.661. The zero-order chi connectivity index (χ0) is 25.5. The van der Waals surface area contributed by atoms with Gasteiger partial charge in [0.15, 0.2) is 11.5 Å². The number of halogens is 1. The maximum Gasteiger partial charge on any atom is 0.414 e. The van der Waals surface area contributed by atoms with Crippen molar-refractivity contribution in [1.29, 1.82) is 0 Å². The van der Waals surface area contributed by atoms with Gasteiger partial charge >= 0.3 is 6.09 Å². The highest BCUT2D eigenvalue weighted by Crippen LogP contribution is 2.38. The van der Waals surface area contributed by atoms with E-state index in [0.717, 1.165) is 16.9 Å². The van der Waals surface area contributed by atoms with E-state index in [9.17, 15) is 9.59 Å². The molecule has 3 aromatic carbocycles. The summed E-state index contributed by atoms with van der Waals surface area (Å²) in [7, 11) is 3.03. The fraction of sp³-hybridized carbons (Fsp3) is 0.115. The normalized spacial score (nSPS) is 10.4. The summed E-state index contributed by atoms with van der Waals surface area (Å²) in [4.78, 5) is 31.7. The number of benzene rings is 3. The van der Waals surface area contributed by atoms with Gasteiger partial charge < -0.3 is 19.5 Å². The van der Waals surface area contributed by atoms with Crippen LogP contribution in [0.4, 0.5) is 15.6 Å². The summed E-state index contributed by atoms with van der Waals surface area (Å²) < 4.78 is 16.1. The van der Waals surface area contributed by atoms with Gasteiger partial charge in [-0.2, -0.15) is 4.98 Å². The van der Waals surface area contributed by atoms with Crippen LogP contribution < -0.4 is 24.4 Å². The molecule has 8 nitrogen and oxygen atoms in total. The van der Waals surface area contributed by atoms with E-state index >= 15 is 0 Å². The molecule has 0 aliphatic heterocycles. The first-order valence-electron chi connectivity index (χ1n) is 10.8. The molecule has 0 atom stereocenters. The summed E-state index contributed by atoms with van der Waals surface area (Å²) in [6.07, 6.45) is -0.661. The number of carbonyl (C=O) groups excluding carboxylic acids is 2. The third kappa shape index (κ3) is 5.76. The maximum absolute atomic E-state index is 13.6. The molecule has 1 N–H and O–H groups in total. The van der Waals surface area contributed by atoms with E-state index in [-0.39, 0.29) is 16.6 Å². The van der Waals surface area contributed by atoms with Crippen LogP contribution in [0, 0.1) is 0 Å². The van der Waals surface area contributed by atoms with Gasteiger partial charge in [-0.1, -0.05) is 54.1 Å². The number of methoxy groups -OCH3 is 2. The van der Waals surface area contributed by atoms with Crippen LogP contribution in [0.3, 0.4) is 0 Å². The van der Waals surface area contributed by atoms with Crippen molar-refractivity contribution in [2.75, 3.05) is 19.1 Å².